The molecule has 57 heavy (non-hydrogen) atoms. The van der Waals surface area contributed by atoms with Gasteiger partial charge < -0.3 is 14.3 Å². The fraction of sp³-hybridized carbons (Fsp3) is 0.0392. The number of nitrogens with one attached hydrogen (secondary N) is 2. The third-order valence-corrected chi connectivity index (χ3v) is 12.7. The van der Waals surface area contributed by atoms with E-state index < -0.39 is 0 Å². The molecule has 11 aromatic rings. The van der Waals surface area contributed by atoms with Crippen LogP contribution in [0.4, 0.5) is 0 Å². The fourth-order valence-electron chi connectivity index (χ4n) is 8.88. The van der Waals surface area contributed by atoms with Crippen LogP contribution in [-0.2, 0) is 0 Å². The van der Waals surface area contributed by atoms with Crippen molar-refractivity contribution in [1.82, 2.24) is 15.2 Å². The van der Waals surface area contributed by atoms with E-state index in [1.54, 1.807) is 0 Å². The van der Waals surface area contributed by atoms with Gasteiger partial charge in [0.1, 0.15) is 29.3 Å². The molecule has 0 aliphatic carbocycles. The summed E-state index contributed by atoms with van der Waals surface area (Å²) >= 11 is 1.84. The summed E-state index contributed by atoms with van der Waals surface area (Å²) < 4.78 is 11.4. The van der Waals surface area contributed by atoms with E-state index >= 15 is 0 Å². The normalized spacial score (nSPS) is 15.9. The highest BCUT2D eigenvalue weighted by Crippen LogP contribution is 2.44. The first-order valence-electron chi connectivity index (χ1n) is 19.4. The zero-order chi connectivity index (χ0) is 37.5. The molecule has 2 N–H and O–H groups in total. The molecule has 6 heteroatoms. The molecule has 0 bridgehead atoms. The summed E-state index contributed by atoms with van der Waals surface area (Å²) in [6, 6.07) is 64.8. The van der Waals surface area contributed by atoms with Crippen LogP contribution in [0.25, 0.3) is 80.7 Å². The highest BCUT2D eigenvalue weighted by atomic mass is 32.1. The van der Waals surface area contributed by atoms with Crippen molar-refractivity contribution in [3.8, 4) is 16.8 Å². The first kappa shape index (κ1) is 32.3. The topological polar surface area (TPSA) is 54.5 Å². The Balaban J connectivity index is 0.972. The predicted octanol–water partition coefficient (Wildman–Crippen LogP) is 13.1. The summed E-state index contributed by atoms with van der Waals surface area (Å²) in [6.45, 7) is 0. The van der Waals surface area contributed by atoms with Gasteiger partial charge in [-0.25, -0.2) is 4.99 Å². The molecule has 8 aromatic carbocycles. The standard InChI is InChI=1S/C51H34N4OS/c1-3-13-31(14-4-1)49-52-50(32-15-5-2-6-16-32)54-51(53-49)40-21-11-20-39-47-35(19-12-24-46(47)57-48(39)40)33-25-28-44-41(29-33)38-27-26-34(30-45(38)56-44)55-42-22-9-7-17-36(42)37-18-8-10-23-43(37)55/h1-30,49,51,53H,(H,52,54). The molecule has 4 heterocycles. The van der Waals surface area contributed by atoms with Gasteiger partial charge in [-0.1, -0.05) is 133 Å². The van der Waals surface area contributed by atoms with Crippen molar-refractivity contribution < 1.29 is 4.42 Å². The van der Waals surface area contributed by atoms with Gasteiger partial charge >= 0.3 is 0 Å². The Morgan fingerprint density at radius 2 is 1.26 bits per heavy atom. The number of benzene rings is 8. The van der Waals surface area contributed by atoms with E-state index in [1.807, 2.05) is 17.4 Å². The molecule has 5 nitrogen and oxygen atoms in total. The minimum absolute atomic E-state index is 0.0985. The number of hydrogen-bond donors (Lipinski definition) is 2. The molecule has 1 aliphatic heterocycles. The van der Waals surface area contributed by atoms with Crippen molar-refractivity contribution >= 4 is 81.1 Å². The van der Waals surface area contributed by atoms with Crippen molar-refractivity contribution in [2.45, 2.75) is 12.3 Å². The molecule has 0 radical (unpaired) electrons. The highest BCUT2D eigenvalue weighted by Gasteiger charge is 2.27. The van der Waals surface area contributed by atoms with Gasteiger partial charge in [-0.3, -0.25) is 5.32 Å². The molecular formula is C51H34N4OS. The maximum absolute atomic E-state index is 6.58. The number of thiophene rings is 1. The van der Waals surface area contributed by atoms with E-state index in [0.29, 0.717) is 0 Å². The third kappa shape index (κ3) is 5.15. The maximum atomic E-state index is 6.58. The summed E-state index contributed by atoms with van der Waals surface area (Å²) in [5, 5.41) is 14.7. The molecule has 0 spiro atoms. The molecule has 2 unspecified atom stereocenters. The lowest BCUT2D eigenvalue weighted by Crippen LogP contribution is -2.44. The summed E-state index contributed by atoms with van der Waals surface area (Å²) in [5.74, 6) is 0.884. The van der Waals surface area contributed by atoms with E-state index in [4.69, 9.17) is 9.41 Å². The van der Waals surface area contributed by atoms with Crippen LogP contribution >= 0.6 is 11.3 Å². The van der Waals surface area contributed by atoms with Crippen molar-refractivity contribution in [3.05, 3.63) is 199 Å². The SMILES string of the molecule is c1ccc(C2=NC(c3cccc4c3sc3cccc(-c5ccc6oc7cc(-n8c9ccccc9c9ccccc98)ccc7c6c5)c34)NC(c3ccccc3)N2)cc1. The van der Waals surface area contributed by atoms with E-state index in [-0.39, 0.29) is 12.3 Å². The Labute approximate surface area is 332 Å². The van der Waals surface area contributed by atoms with Gasteiger partial charge in [0.2, 0.25) is 0 Å². The smallest absolute Gasteiger partial charge is 0.137 e. The van der Waals surface area contributed by atoms with Gasteiger partial charge in [0.25, 0.3) is 0 Å². The quantitative estimate of drug-likeness (QED) is 0.184. The number of amidine groups is 1. The lowest BCUT2D eigenvalue weighted by Gasteiger charge is -2.32. The first-order chi connectivity index (χ1) is 28.2. The number of rotatable bonds is 5. The van der Waals surface area contributed by atoms with E-state index in [1.165, 1.54) is 64.2 Å². The number of fused-ring (bicyclic) bond motifs is 9. The lowest BCUT2D eigenvalue weighted by molar-refractivity contribution is 0.411. The molecule has 12 rings (SSSR count). The Morgan fingerprint density at radius 1 is 0.544 bits per heavy atom. The molecule has 0 saturated carbocycles. The van der Waals surface area contributed by atoms with E-state index in [0.717, 1.165) is 39.0 Å². The van der Waals surface area contributed by atoms with E-state index in [9.17, 15) is 0 Å². The third-order valence-electron chi connectivity index (χ3n) is 11.5. The van der Waals surface area contributed by atoms with Crippen LogP contribution in [0.3, 0.4) is 0 Å². The summed E-state index contributed by atoms with van der Waals surface area (Å²) in [5.41, 5.74) is 11.0. The number of aliphatic imine (C=N–C) groups is 1. The minimum Gasteiger partial charge on any atom is -0.456 e. The molecule has 2 atom stereocenters. The second-order valence-corrected chi connectivity index (χ2v) is 15.8. The summed E-state index contributed by atoms with van der Waals surface area (Å²) in [4.78, 5) is 5.30. The fourth-order valence-corrected chi connectivity index (χ4v) is 10.1. The minimum atomic E-state index is -0.243. The number of nitrogens with zero attached hydrogens (tertiary/aromatic N) is 2. The van der Waals surface area contributed by atoms with Crippen molar-refractivity contribution in [1.29, 1.82) is 0 Å². The van der Waals surface area contributed by atoms with Crippen LogP contribution in [0.1, 0.15) is 29.0 Å². The van der Waals surface area contributed by atoms with Crippen molar-refractivity contribution in [3.63, 3.8) is 0 Å². The van der Waals surface area contributed by atoms with Gasteiger partial charge in [-0.05, 0) is 59.2 Å². The first-order valence-corrected chi connectivity index (χ1v) is 20.2. The monoisotopic (exact) mass is 750 g/mol. The van der Waals surface area contributed by atoms with Gasteiger partial charge in [-0.2, -0.15) is 0 Å². The van der Waals surface area contributed by atoms with E-state index in [2.05, 4.69) is 191 Å². The average molecular weight is 751 g/mol. The Kier molecular flexibility index (Phi) is 7.24. The van der Waals surface area contributed by atoms with Crippen LogP contribution < -0.4 is 10.6 Å². The van der Waals surface area contributed by atoms with Crippen LogP contribution in [0.2, 0.25) is 0 Å². The van der Waals surface area contributed by atoms with Crippen LogP contribution in [0.15, 0.2) is 191 Å². The number of hydrogen-bond acceptors (Lipinski definition) is 5. The predicted molar refractivity (Wildman–Crippen MR) is 238 cm³/mol. The van der Waals surface area contributed by atoms with Gasteiger partial charge in [-0.15, -0.1) is 11.3 Å². The summed E-state index contributed by atoms with van der Waals surface area (Å²) in [7, 11) is 0. The Hall–Kier alpha value is -6.99. The molecular weight excluding hydrogens is 717 g/mol. The van der Waals surface area contributed by atoms with Gasteiger partial charge in [0, 0.05) is 64.6 Å². The van der Waals surface area contributed by atoms with Crippen LogP contribution in [0, 0.1) is 0 Å². The number of furan rings is 1. The molecule has 270 valence electrons. The van der Waals surface area contributed by atoms with Gasteiger partial charge in [0.05, 0.1) is 11.0 Å². The second-order valence-electron chi connectivity index (χ2n) is 14.8. The molecule has 1 aliphatic rings. The van der Waals surface area contributed by atoms with Crippen LogP contribution in [0.5, 0.6) is 0 Å². The van der Waals surface area contributed by atoms with Crippen LogP contribution in [-0.4, -0.2) is 10.4 Å². The van der Waals surface area contributed by atoms with Crippen molar-refractivity contribution in [2.75, 3.05) is 0 Å². The Morgan fingerprint density at radius 3 is 2.07 bits per heavy atom. The molecule has 0 fully saturated rings. The van der Waals surface area contributed by atoms with Gasteiger partial charge in [0.15, 0.2) is 0 Å². The average Bonchev–Trinajstić information content (AvgIpc) is 3.96. The zero-order valence-electron chi connectivity index (χ0n) is 30.7. The number of aromatic nitrogens is 1. The summed E-state index contributed by atoms with van der Waals surface area (Å²) in [6.07, 6.45) is -0.341. The van der Waals surface area contributed by atoms with Crippen molar-refractivity contribution in [2.24, 2.45) is 4.99 Å². The Bertz CT molecular complexity index is 3320. The molecule has 0 saturated heterocycles. The largest absolute Gasteiger partial charge is 0.456 e. The lowest BCUT2D eigenvalue weighted by atomic mass is 9.97. The number of para-hydroxylation sites is 2. The molecule has 0 amide bonds. The highest BCUT2D eigenvalue weighted by molar-refractivity contribution is 7.26. The zero-order valence-corrected chi connectivity index (χ0v) is 31.5. The maximum Gasteiger partial charge on any atom is 0.137 e. The second kappa shape index (κ2) is 12.8. The molecule has 3 aromatic heterocycles.